The smallest absolute Gasteiger partial charge is 0.410 e. The molecule has 1 aliphatic rings. The number of nitrogens with one attached hydrogen (secondary N) is 1. The Morgan fingerprint density at radius 1 is 1.12 bits per heavy atom. The van der Waals surface area contributed by atoms with E-state index in [0.717, 1.165) is 32.1 Å². The highest BCUT2D eigenvalue weighted by Gasteiger charge is 2.35. The van der Waals surface area contributed by atoms with Crippen LogP contribution in [0.25, 0.3) is 0 Å². The fraction of sp³-hybridized carbons (Fsp3) is 0.812. The lowest BCUT2D eigenvalue weighted by Crippen LogP contribution is -2.41. The molecule has 8 heteroatoms. The highest BCUT2D eigenvalue weighted by Crippen LogP contribution is 2.38. The van der Waals surface area contributed by atoms with Crippen molar-refractivity contribution in [3.8, 4) is 0 Å². The third-order valence-electron chi connectivity index (χ3n) is 4.29. The molecule has 0 saturated heterocycles. The monoisotopic (exact) mass is 345 g/mol. The predicted molar refractivity (Wildman–Crippen MR) is 84.3 cm³/mol. The Morgan fingerprint density at radius 3 is 2.29 bits per heavy atom. The number of carbonyl (C=O) groups is 3. The van der Waals surface area contributed by atoms with Gasteiger partial charge in [-0.3, -0.25) is 4.79 Å². The normalized spacial score (nSPS) is 19.0. The Bertz CT molecular complexity index is 446. The maximum absolute atomic E-state index is 11.8. The Balaban J connectivity index is 2.45. The molecule has 1 aliphatic carbocycles. The number of aliphatic carboxylic acids is 1. The van der Waals surface area contributed by atoms with Crippen molar-refractivity contribution in [3.05, 3.63) is 0 Å². The first kappa shape index (κ1) is 20.2. The second-order valence-corrected chi connectivity index (χ2v) is 6.27. The van der Waals surface area contributed by atoms with E-state index in [4.69, 9.17) is 19.3 Å². The summed E-state index contributed by atoms with van der Waals surface area (Å²) in [6, 6.07) is 0. The Kier molecular flexibility index (Phi) is 7.97. The van der Waals surface area contributed by atoms with Gasteiger partial charge >= 0.3 is 18.0 Å². The van der Waals surface area contributed by atoms with Gasteiger partial charge < -0.3 is 24.6 Å². The lowest BCUT2D eigenvalue weighted by Gasteiger charge is -2.36. The van der Waals surface area contributed by atoms with Crippen molar-refractivity contribution in [2.24, 2.45) is 5.41 Å². The number of ether oxygens (including phenoxy) is 3. The maximum atomic E-state index is 11.8. The molecule has 1 rings (SSSR count). The quantitative estimate of drug-likeness (QED) is 0.511. The summed E-state index contributed by atoms with van der Waals surface area (Å²) in [6.07, 6.45) is 1.97. The molecule has 2 atom stereocenters. The number of hydrogen-bond acceptors (Lipinski definition) is 6. The van der Waals surface area contributed by atoms with Gasteiger partial charge in [0.25, 0.3) is 0 Å². The predicted octanol–water partition coefficient (Wildman–Crippen LogP) is 2.06. The average molecular weight is 345 g/mol. The largest absolute Gasteiger partial charge is 0.481 e. The summed E-state index contributed by atoms with van der Waals surface area (Å²) in [5.41, 5.74) is -0.437. The van der Waals surface area contributed by atoms with Gasteiger partial charge in [0.2, 0.25) is 6.29 Å². The number of amides is 1. The van der Waals surface area contributed by atoms with Gasteiger partial charge in [0, 0.05) is 20.6 Å². The molecule has 0 radical (unpaired) electrons. The first-order valence-corrected chi connectivity index (χ1v) is 8.17. The molecule has 1 unspecified atom stereocenters. The summed E-state index contributed by atoms with van der Waals surface area (Å²) < 4.78 is 14.7. The minimum atomic E-state index is -1.06. The molecule has 0 aromatic heterocycles. The van der Waals surface area contributed by atoms with Crippen LogP contribution in [-0.4, -0.2) is 49.2 Å². The molecule has 1 saturated carbocycles. The van der Waals surface area contributed by atoms with E-state index in [1.165, 1.54) is 21.0 Å². The second kappa shape index (κ2) is 9.46. The molecule has 0 spiro atoms. The van der Waals surface area contributed by atoms with E-state index in [9.17, 15) is 14.4 Å². The van der Waals surface area contributed by atoms with Crippen LogP contribution in [0.15, 0.2) is 0 Å². The van der Waals surface area contributed by atoms with Crippen molar-refractivity contribution >= 4 is 18.0 Å². The van der Waals surface area contributed by atoms with Crippen molar-refractivity contribution in [1.29, 1.82) is 0 Å². The Labute approximate surface area is 141 Å². The van der Waals surface area contributed by atoms with Crippen molar-refractivity contribution in [3.63, 3.8) is 0 Å². The van der Waals surface area contributed by atoms with Crippen molar-refractivity contribution in [2.45, 2.75) is 64.8 Å². The molecule has 1 amide bonds. The van der Waals surface area contributed by atoms with Crippen LogP contribution in [0.2, 0.25) is 0 Å². The van der Waals surface area contributed by atoms with E-state index in [2.05, 4.69) is 5.32 Å². The molecule has 138 valence electrons. The number of carboxylic acids is 1. The summed E-state index contributed by atoms with van der Waals surface area (Å²) in [4.78, 5) is 34.5. The molecule has 0 aromatic rings. The highest BCUT2D eigenvalue weighted by molar-refractivity contribution is 5.74. The van der Waals surface area contributed by atoms with E-state index in [-0.39, 0.29) is 13.0 Å². The number of esters is 1. The average Bonchev–Trinajstić information content (AvgIpc) is 2.52. The first-order chi connectivity index (χ1) is 11.3. The van der Waals surface area contributed by atoms with Crippen molar-refractivity contribution in [1.82, 2.24) is 5.32 Å². The van der Waals surface area contributed by atoms with Gasteiger partial charge in [-0.1, -0.05) is 19.3 Å². The summed E-state index contributed by atoms with van der Waals surface area (Å²) in [5.74, 6) is -1.50. The number of hydrogen-bond donors (Lipinski definition) is 2. The molecule has 0 aliphatic heterocycles. The molecule has 8 nitrogen and oxygen atoms in total. The van der Waals surface area contributed by atoms with Gasteiger partial charge in [-0.15, -0.1) is 0 Å². The van der Waals surface area contributed by atoms with Crippen LogP contribution in [0.5, 0.6) is 0 Å². The van der Waals surface area contributed by atoms with Gasteiger partial charge in [-0.25, -0.2) is 9.59 Å². The molecule has 1 fully saturated rings. The van der Waals surface area contributed by atoms with Crippen LogP contribution in [0.4, 0.5) is 4.79 Å². The van der Waals surface area contributed by atoms with E-state index >= 15 is 0 Å². The molecular formula is C16H27NO7. The summed E-state index contributed by atoms with van der Waals surface area (Å²) in [6.45, 7) is 3.18. The van der Waals surface area contributed by atoms with Crippen LogP contribution < -0.4 is 5.32 Å². The first-order valence-electron chi connectivity index (χ1n) is 8.17. The highest BCUT2D eigenvalue weighted by atomic mass is 16.7. The standard InChI is InChI=1S/C16H27NO7/c1-11(22-3)14(20)23-12(2)24-15(21)17-10-16(9-13(18)19)7-5-4-6-8-16/h11-12H,4-10H2,1-3H3,(H,17,21)(H,18,19)/t11?,12-/m1/s1. The number of rotatable bonds is 8. The lowest BCUT2D eigenvalue weighted by molar-refractivity contribution is -0.175. The van der Waals surface area contributed by atoms with E-state index in [1.807, 2.05) is 0 Å². The molecule has 24 heavy (non-hydrogen) atoms. The van der Waals surface area contributed by atoms with Crippen LogP contribution in [0.1, 0.15) is 52.4 Å². The number of methoxy groups -OCH3 is 1. The number of carbonyl (C=O) groups excluding carboxylic acids is 2. The van der Waals surface area contributed by atoms with Crippen LogP contribution in [0, 0.1) is 5.41 Å². The second-order valence-electron chi connectivity index (χ2n) is 6.27. The SMILES string of the molecule is COC(C)C(=O)O[C@@H](C)OC(=O)NCC1(CC(=O)O)CCCCC1. The van der Waals surface area contributed by atoms with Gasteiger partial charge in [0.1, 0.15) is 0 Å². The molecule has 2 N–H and O–H groups in total. The topological polar surface area (TPSA) is 111 Å². The molecule has 0 aromatic carbocycles. The minimum absolute atomic E-state index is 0.0170. The zero-order valence-electron chi connectivity index (χ0n) is 14.5. The number of alkyl carbamates (subject to hydrolysis) is 1. The van der Waals surface area contributed by atoms with Gasteiger partial charge in [0.05, 0.1) is 6.42 Å². The fourth-order valence-electron chi connectivity index (χ4n) is 2.87. The van der Waals surface area contributed by atoms with Crippen molar-refractivity contribution in [2.75, 3.05) is 13.7 Å². The zero-order chi connectivity index (χ0) is 18.2. The summed E-state index contributed by atoms with van der Waals surface area (Å²) in [7, 11) is 1.37. The van der Waals surface area contributed by atoms with E-state index in [1.54, 1.807) is 0 Å². The van der Waals surface area contributed by atoms with Crippen LogP contribution in [0.3, 0.4) is 0 Å². The molecule has 0 heterocycles. The maximum Gasteiger partial charge on any atom is 0.410 e. The third-order valence-corrected chi connectivity index (χ3v) is 4.29. The zero-order valence-corrected chi connectivity index (χ0v) is 14.5. The summed E-state index contributed by atoms with van der Waals surface area (Å²) in [5, 5.41) is 11.7. The van der Waals surface area contributed by atoms with Gasteiger partial charge in [-0.05, 0) is 25.2 Å². The molecular weight excluding hydrogens is 318 g/mol. The van der Waals surface area contributed by atoms with Gasteiger partial charge in [0.15, 0.2) is 6.10 Å². The Morgan fingerprint density at radius 2 is 1.75 bits per heavy atom. The van der Waals surface area contributed by atoms with E-state index < -0.39 is 35.8 Å². The Hall–Kier alpha value is -1.83. The lowest BCUT2D eigenvalue weighted by atomic mass is 9.72. The van der Waals surface area contributed by atoms with Crippen LogP contribution in [-0.2, 0) is 23.8 Å². The third kappa shape index (κ3) is 6.74. The van der Waals surface area contributed by atoms with Gasteiger partial charge in [-0.2, -0.15) is 0 Å². The van der Waals surface area contributed by atoms with Crippen molar-refractivity contribution < 1.29 is 33.7 Å². The summed E-state index contributed by atoms with van der Waals surface area (Å²) >= 11 is 0. The fourth-order valence-corrected chi connectivity index (χ4v) is 2.87. The molecule has 0 bridgehead atoms. The minimum Gasteiger partial charge on any atom is -0.481 e. The number of carboxylic acid groups (broad SMARTS) is 1. The van der Waals surface area contributed by atoms with Crippen LogP contribution >= 0.6 is 0 Å². The van der Waals surface area contributed by atoms with E-state index in [0.29, 0.717) is 0 Å².